The van der Waals surface area contributed by atoms with Crippen LogP contribution in [-0.4, -0.2) is 56.4 Å². The fourth-order valence-electron chi connectivity index (χ4n) is 3.84. The van der Waals surface area contributed by atoms with Crippen molar-refractivity contribution in [2.75, 3.05) is 20.8 Å². The average molecular weight is 408 g/mol. The zero-order valence-electron chi connectivity index (χ0n) is 17.3. The monoisotopic (exact) mass is 408 g/mol. The van der Waals surface area contributed by atoms with Crippen molar-refractivity contribution in [3.8, 4) is 0 Å². The van der Waals surface area contributed by atoms with E-state index in [-0.39, 0.29) is 17.3 Å². The SMILES string of the molecule is COC(=O)C1=C(C)N=C(C)C(C(=O)OC)[C@@H]1C(=O)OCC(=O)NC1CCCCC1. The lowest BCUT2D eigenvalue weighted by atomic mass is 9.80. The van der Waals surface area contributed by atoms with Gasteiger partial charge in [-0.25, -0.2) is 4.79 Å². The Balaban J connectivity index is 2.15. The minimum absolute atomic E-state index is 0.0776. The maximum atomic E-state index is 12.8. The third kappa shape index (κ3) is 5.42. The minimum atomic E-state index is -1.30. The van der Waals surface area contributed by atoms with Gasteiger partial charge in [-0.05, 0) is 26.7 Å². The number of amides is 1. The van der Waals surface area contributed by atoms with Crippen LogP contribution >= 0.6 is 0 Å². The van der Waals surface area contributed by atoms with Gasteiger partial charge in [0, 0.05) is 17.5 Å². The molecule has 0 aromatic carbocycles. The standard InChI is InChI=1S/C20H28N2O7/c1-11-15(18(24)27-3)17(16(12(2)21-11)19(25)28-4)20(26)29-10-14(23)22-13-8-6-5-7-9-13/h13,15,17H,5-10H2,1-4H3,(H,22,23)/t15?,17-/m0/s1. The largest absolute Gasteiger partial charge is 0.468 e. The van der Waals surface area contributed by atoms with Gasteiger partial charge < -0.3 is 19.5 Å². The third-order valence-electron chi connectivity index (χ3n) is 5.26. The van der Waals surface area contributed by atoms with E-state index < -0.39 is 42.3 Å². The molecular weight excluding hydrogens is 380 g/mol. The molecule has 9 nitrogen and oxygen atoms in total. The van der Waals surface area contributed by atoms with Crippen LogP contribution in [0.3, 0.4) is 0 Å². The van der Waals surface area contributed by atoms with Crippen LogP contribution in [-0.2, 0) is 33.4 Å². The van der Waals surface area contributed by atoms with Crippen LogP contribution in [0.1, 0.15) is 46.0 Å². The number of methoxy groups -OCH3 is 2. The van der Waals surface area contributed by atoms with Gasteiger partial charge in [0.25, 0.3) is 5.91 Å². The fraction of sp³-hybridized carbons (Fsp3) is 0.650. The lowest BCUT2D eigenvalue weighted by Crippen LogP contribution is -2.44. The lowest BCUT2D eigenvalue weighted by molar-refractivity contribution is -0.158. The number of carbonyl (C=O) groups is 4. The van der Waals surface area contributed by atoms with Gasteiger partial charge in [0.2, 0.25) is 0 Å². The number of hydrogen-bond acceptors (Lipinski definition) is 8. The van der Waals surface area contributed by atoms with E-state index in [1.807, 2.05) is 0 Å². The van der Waals surface area contributed by atoms with E-state index >= 15 is 0 Å². The summed E-state index contributed by atoms with van der Waals surface area (Å²) in [5, 5.41) is 2.85. The topological polar surface area (TPSA) is 120 Å². The van der Waals surface area contributed by atoms with Crippen molar-refractivity contribution in [1.29, 1.82) is 0 Å². The number of allylic oxidation sites excluding steroid dienone is 1. The molecule has 0 spiro atoms. The number of esters is 3. The molecule has 9 heteroatoms. The van der Waals surface area contributed by atoms with Crippen molar-refractivity contribution >= 4 is 29.5 Å². The normalized spacial score (nSPS) is 22.4. The molecule has 0 aromatic rings. The second kappa shape index (κ2) is 10.2. The van der Waals surface area contributed by atoms with Crippen molar-refractivity contribution in [2.45, 2.75) is 52.0 Å². The minimum Gasteiger partial charge on any atom is -0.468 e. The van der Waals surface area contributed by atoms with Gasteiger partial charge >= 0.3 is 17.9 Å². The summed E-state index contributed by atoms with van der Waals surface area (Å²) in [6.45, 7) is 2.61. The summed E-state index contributed by atoms with van der Waals surface area (Å²) in [7, 11) is 2.35. The Kier molecular flexibility index (Phi) is 7.92. The first kappa shape index (κ1) is 22.6. The van der Waals surface area contributed by atoms with Crippen LogP contribution in [0.25, 0.3) is 0 Å². The highest BCUT2D eigenvalue weighted by atomic mass is 16.5. The maximum Gasteiger partial charge on any atom is 0.336 e. The molecule has 1 heterocycles. The van der Waals surface area contributed by atoms with Crippen molar-refractivity contribution in [3.05, 3.63) is 11.3 Å². The zero-order valence-corrected chi connectivity index (χ0v) is 17.3. The number of nitrogens with one attached hydrogen (secondary N) is 1. The molecule has 2 aliphatic rings. The second-order valence-electron chi connectivity index (χ2n) is 7.23. The van der Waals surface area contributed by atoms with Crippen LogP contribution in [0.4, 0.5) is 0 Å². The Morgan fingerprint density at radius 3 is 2.21 bits per heavy atom. The predicted octanol–water partition coefficient (Wildman–Crippen LogP) is 1.31. The first-order chi connectivity index (χ1) is 13.8. The van der Waals surface area contributed by atoms with Crippen LogP contribution in [0.5, 0.6) is 0 Å². The molecule has 1 aliphatic carbocycles. The molecule has 0 bridgehead atoms. The van der Waals surface area contributed by atoms with E-state index in [0.717, 1.165) is 32.1 Å². The maximum absolute atomic E-state index is 12.8. The number of aliphatic imine (C=N–C) groups is 1. The molecule has 1 amide bonds. The Morgan fingerprint density at radius 1 is 0.966 bits per heavy atom. The smallest absolute Gasteiger partial charge is 0.336 e. The molecular formula is C20H28N2O7. The van der Waals surface area contributed by atoms with Gasteiger partial charge in [-0.2, -0.15) is 0 Å². The highest BCUT2D eigenvalue weighted by Gasteiger charge is 2.46. The average Bonchev–Trinajstić information content (AvgIpc) is 2.71. The summed E-state index contributed by atoms with van der Waals surface area (Å²) >= 11 is 0. The van der Waals surface area contributed by atoms with Crippen LogP contribution in [0, 0.1) is 11.8 Å². The number of carbonyl (C=O) groups excluding carboxylic acids is 4. The molecule has 1 aliphatic heterocycles. The van der Waals surface area contributed by atoms with E-state index in [4.69, 9.17) is 14.2 Å². The summed E-state index contributed by atoms with van der Waals surface area (Å²) < 4.78 is 14.7. The van der Waals surface area contributed by atoms with E-state index in [0.29, 0.717) is 5.71 Å². The number of rotatable bonds is 6. The third-order valence-corrected chi connectivity index (χ3v) is 5.26. The molecule has 0 saturated heterocycles. The second-order valence-corrected chi connectivity index (χ2v) is 7.23. The van der Waals surface area contributed by atoms with Gasteiger partial charge in [-0.15, -0.1) is 0 Å². The molecule has 1 unspecified atom stereocenters. The van der Waals surface area contributed by atoms with Crippen LogP contribution < -0.4 is 5.32 Å². The highest BCUT2D eigenvalue weighted by molar-refractivity contribution is 6.10. The summed E-state index contributed by atoms with van der Waals surface area (Å²) in [5.41, 5.74) is 0.491. The lowest BCUT2D eigenvalue weighted by Gasteiger charge is -2.29. The molecule has 0 aromatic heterocycles. The molecule has 1 saturated carbocycles. The highest BCUT2D eigenvalue weighted by Crippen LogP contribution is 2.33. The first-order valence-corrected chi connectivity index (χ1v) is 9.68. The molecule has 2 atom stereocenters. The van der Waals surface area contributed by atoms with Gasteiger partial charge in [-0.1, -0.05) is 19.3 Å². The Hall–Kier alpha value is -2.71. The van der Waals surface area contributed by atoms with Gasteiger partial charge in [0.1, 0.15) is 11.8 Å². The van der Waals surface area contributed by atoms with Gasteiger partial charge in [0.05, 0.1) is 19.8 Å². The fourth-order valence-corrected chi connectivity index (χ4v) is 3.84. The van der Waals surface area contributed by atoms with Crippen LogP contribution in [0.15, 0.2) is 16.3 Å². The number of ether oxygens (including phenoxy) is 3. The van der Waals surface area contributed by atoms with E-state index in [2.05, 4.69) is 10.3 Å². The Morgan fingerprint density at radius 2 is 1.62 bits per heavy atom. The molecule has 29 heavy (non-hydrogen) atoms. The number of nitrogens with zero attached hydrogens (tertiary/aromatic N) is 1. The molecule has 0 radical (unpaired) electrons. The van der Waals surface area contributed by atoms with E-state index in [9.17, 15) is 19.2 Å². The van der Waals surface area contributed by atoms with Crippen LogP contribution in [0.2, 0.25) is 0 Å². The molecule has 1 N–H and O–H groups in total. The Labute approximate surface area is 169 Å². The van der Waals surface area contributed by atoms with Gasteiger partial charge in [-0.3, -0.25) is 19.4 Å². The van der Waals surface area contributed by atoms with Crippen molar-refractivity contribution in [3.63, 3.8) is 0 Å². The summed E-state index contributed by atoms with van der Waals surface area (Å²) in [5.74, 6) is -5.24. The summed E-state index contributed by atoms with van der Waals surface area (Å²) in [4.78, 5) is 53.8. The Bertz CT molecular complexity index is 735. The quantitative estimate of drug-likeness (QED) is 0.519. The van der Waals surface area contributed by atoms with Crippen molar-refractivity contribution in [2.24, 2.45) is 16.8 Å². The molecule has 160 valence electrons. The zero-order chi connectivity index (χ0) is 21.6. The van der Waals surface area contributed by atoms with Gasteiger partial charge in [0.15, 0.2) is 6.61 Å². The van der Waals surface area contributed by atoms with E-state index in [1.54, 1.807) is 13.8 Å². The summed E-state index contributed by atoms with van der Waals surface area (Å²) in [6.07, 6.45) is 5.06. The molecule has 2 rings (SSSR count). The first-order valence-electron chi connectivity index (χ1n) is 9.68. The van der Waals surface area contributed by atoms with Crippen molar-refractivity contribution < 1.29 is 33.4 Å². The number of hydrogen-bond donors (Lipinski definition) is 1. The van der Waals surface area contributed by atoms with E-state index in [1.165, 1.54) is 14.2 Å². The predicted molar refractivity (Wildman–Crippen MR) is 103 cm³/mol. The summed E-state index contributed by atoms with van der Waals surface area (Å²) in [6, 6.07) is 0.0783. The van der Waals surface area contributed by atoms with Crippen molar-refractivity contribution in [1.82, 2.24) is 5.32 Å². The molecule has 1 fully saturated rings.